The van der Waals surface area contributed by atoms with E-state index in [1.807, 2.05) is 11.9 Å². The molecule has 0 aromatic heterocycles. The van der Waals surface area contributed by atoms with E-state index in [2.05, 4.69) is 0 Å². The number of Topliss-reactive ketones (excluding diaryl/α,β-unsaturated/α-hetero) is 1. The van der Waals surface area contributed by atoms with Crippen LogP contribution in [0.2, 0.25) is 0 Å². The lowest BCUT2D eigenvalue weighted by molar-refractivity contribution is -0.134. The van der Waals surface area contributed by atoms with Gasteiger partial charge in [-0.05, 0) is 37.4 Å². The molecule has 0 aliphatic carbocycles. The highest BCUT2D eigenvalue weighted by atomic mass is 19.1. The predicted octanol–water partition coefficient (Wildman–Crippen LogP) is 3.44. The maximum absolute atomic E-state index is 14.1. The summed E-state index contributed by atoms with van der Waals surface area (Å²) in [5, 5.41) is 0. The number of rotatable bonds is 5. The number of carbonyl (C=O) groups is 2. The summed E-state index contributed by atoms with van der Waals surface area (Å²) in [6, 6.07) is 11.7. The van der Waals surface area contributed by atoms with Crippen molar-refractivity contribution in [1.82, 2.24) is 9.80 Å². The molecule has 3 rings (SSSR count). The molecule has 6 heteroatoms. The van der Waals surface area contributed by atoms with E-state index in [1.54, 1.807) is 23.1 Å². The van der Waals surface area contributed by atoms with Gasteiger partial charge in [0.2, 0.25) is 5.91 Å². The van der Waals surface area contributed by atoms with Crippen molar-refractivity contribution in [2.24, 2.45) is 0 Å². The smallest absolute Gasteiger partial charge is 0.223 e. The number of carbonyl (C=O) groups excluding carboxylic acids is 2. The van der Waals surface area contributed by atoms with E-state index in [9.17, 15) is 18.4 Å². The Kier molecular flexibility index (Phi) is 5.96. The van der Waals surface area contributed by atoms with Gasteiger partial charge in [0.1, 0.15) is 11.6 Å². The van der Waals surface area contributed by atoms with Gasteiger partial charge in [0.15, 0.2) is 5.78 Å². The maximum atomic E-state index is 14.1. The minimum absolute atomic E-state index is 0.0706. The molecule has 0 spiro atoms. The molecular weight excluding hydrogens is 350 g/mol. The molecule has 1 aliphatic heterocycles. The second kappa shape index (κ2) is 8.39. The van der Waals surface area contributed by atoms with Crippen molar-refractivity contribution in [3.63, 3.8) is 0 Å². The summed E-state index contributed by atoms with van der Waals surface area (Å²) in [4.78, 5) is 28.5. The molecule has 2 aromatic carbocycles. The number of amides is 1. The van der Waals surface area contributed by atoms with Crippen LogP contribution in [0.25, 0.3) is 0 Å². The van der Waals surface area contributed by atoms with Gasteiger partial charge in [-0.1, -0.05) is 18.2 Å². The largest absolute Gasteiger partial charge is 0.339 e. The molecule has 1 unspecified atom stereocenters. The van der Waals surface area contributed by atoms with Crippen LogP contribution in [0.4, 0.5) is 8.78 Å². The first kappa shape index (κ1) is 19.2. The van der Waals surface area contributed by atoms with Gasteiger partial charge < -0.3 is 4.90 Å². The number of benzene rings is 2. The quantitative estimate of drug-likeness (QED) is 0.755. The SMILES string of the molecule is CN1CCN(C(=O)CCC(=O)c2ccc(F)cc2)CC1c1ccccc1F. The summed E-state index contributed by atoms with van der Waals surface area (Å²) in [7, 11) is 1.91. The Labute approximate surface area is 157 Å². The van der Waals surface area contributed by atoms with E-state index in [0.717, 1.165) is 0 Å². The summed E-state index contributed by atoms with van der Waals surface area (Å²) in [5.74, 6) is -1.00. The zero-order valence-electron chi connectivity index (χ0n) is 15.2. The lowest BCUT2D eigenvalue weighted by atomic mass is 10.0. The fraction of sp³-hybridized carbons (Fsp3) is 0.333. The number of halogens is 2. The van der Waals surface area contributed by atoms with E-state index in [4.69, 9.17) is 0 Å². The van der Waals surface area contributed by atoms with E-state index in [1.165, 1.54) is 30.3 Å². The van der Waals surface area contributed by atoms with Crippen molar-refractivity contribution < 1.29 is 18.4 Å². The first-order chi connectivity index (χ1) is 13.0. The topological polar surface area (TPSA) is 40.6 Å². The molecule has 1 amide bonds. The third-order valence-electron chi connectivity index (χ3n) is 5.00. The van der Waals surface area contributed by atoms with E-state index in [0.29, 0.717) is 30.8 Å². The monoisotopic (exact) mass is 372 g/mol. The van der Waals surface area contributed by atoms with Crippen molar-refractivity contribution in [3.8, 4) is 0 Å². The van der Waals surface area contributed by atoms with Crippen LogP contribution < -0.4 is 0 Å². The van der Waals surface area contributed by atoms with Crippen LogP contribution >= 0.6 is 0 Å². The Morgan fingerprint density at radius 3 is 2.41 bits per heavy atom. The number of hydrogen-bond acceptors (Lipinski definition) is 3. The number of piperazine rings is 1. The molecule has 27 heavy (non-hydrogen) atoms. The Bertz CT molecular complexity index is 823. The molecule has 1 aliphatic rings. The van der Waals surface area contributed by atoms with Crippen LogP contribution in [0.5, 0.6) is 0 Å². The van der Waals surface area contributed by atoms with Crippen molar-refractivity contribution in [3.05, 3.63) is 71.3 Å². The average Bonchev–Trinajstić information content (AvgIpc) is 2.67. The van der Waals surface area contributed by atoms with Gasteiger partial charge in [-0.25, -0.2) is 8.78 Å². The van der Waals surface area contributed by atoms with Gasteiger partial charge in [-0.3, -0.25) is 14.5 Å². The van der Waals surface area contributed by atoms with Crippen LogP contribution in [-0.4, -0.2) is 48.2 Å². The lowest BCUT2D eigenvalue weighted by Gasteiger charge is -2.39. The zero-order valence-corrected chi connectivity index (χ0v) is 15.2. The minimum atomic E-state index is -0.403. The van der Waals surface area contributed by atoms with Gasteiger partial charge in [0, 0.05) is 43.6 Å². The summed E-state index contributed by atoms with van der Waals surface area (Å²) in [6.45, 7) is 1.57. The maximum Gasteiger partial charge on any atom is 0.223 e. The molecular formula is C21H22F2N2O2. The highest BCUT2D eigenvalue weighted by Crippen LogP contribution is 2.26. The predicted molar refractivity (Wildman–Crippen MR) is 98.3 cm³/mol. The number of hydrogen-bond donors (Lipinski definition) is 0. The van der Waals surface area contributed by atoms with Gasteiger partial charge in [0.05, 0.1) is 6.04 Å². The molecule has 0 saturated carbocycles. The van der Waals surface area contributed by atoms with Crippen LogP contribution in [0.1, 0.15) is 34.8 Å². The summed E-state index contributed by atoms with van der Waals surface area (Å²) >= 11 is 0. The van der Waals surface area contributed by atoms with E-state index < -0.39 is 5.82 Å². The Balaban J connectivity index is 1.60. The van der Waals surface area contributed by atoms with Crippen LogP contribution in [0.15, 0.2) is 48.5 Å². The van der Waals surface area contributed by atoms with Crippen molar-refractivity contribution in [1.29, 1.82) is 0 Å². The van der Waals surface area contributed by atoms with Crippen molar-refractivity contribution in [2.75, 3.05) is 26.7 Å². The summed E-state index contributed by atoms with van der Waals surface area (Å²) < 4.78 is 27.1. The Hall–Kier alpha value is -2.60. The third kappa shape index (κ3) is 4.57. The average molecular weight is 372 g/mol. The van der Waals surface area contributed by atoms with E-state index >= 15 is 0 Å². The van der Waals surface area contributed by atoms with Gasteiger partial charge >= 0.3 is 0 Å². The van der Waals surface area contributed by atoms with Crippen molar-refractivity contribution in [2.45, 2.75) is 18.9 Å². The zero-order chi connectivity index (χ0) is 19.4. The first-order valence-electron chi connectivity index (χ1n) is 8.97. The van der Waals surface area contributed by atoms with Crippen LogP contribution in [-0.2, 0) is 4.79 Å². The Morgan fingerprint density at radius 2 is 1.70 bits per heavy atom. The molecule has 1 fully saturated rings. The number of nitrogens with zero attached hydrogens (tertiary/aromatic N) is 2. The first-order valence-corrected chi connectivity index (χ1v) is 8.97. The summed E-state index contributed by atoms with van der Waals surface area (Å²) in [5.41, 5.74) is 0.965. The number of ketones is 1. The molecule has 142 valence electrons. The fourth-order valence-electron chi connectivity index (χ4n) is 3.34. The normalized spacial score (nSPS) is 17.7. The molecule has 4 nitrogen and oxygen atoms in total. The third-order valence-corrected chi connectivity index (χ3v) is 5.00. The van der Waals surface area contributed by atoms with Gasteiger partial charge in [-0.2, -0.15) is 0 Å². The molecule has 1 heterocycles. The highest BCUT2D eigenvalue weighted by Gasteiger charge is 2.29. The Morgan fingerprint density at radius 1 is 1.00 bits per heavy atom. The van der Waals surface area contributed by atoms with Gasteiger partial charge in [0.25, 0.3) is 0 Å². The molecule has 0 bridgehead atoms. The number of likely N-dealkylation sites (N-methyl/N-ethyl adjacent to an activating group) is 1. The molecule has 0 N–H and O–H groups in total. The molecule has 0 radical (unpaired) electrons. The fourth-order valence-corrected chi connectivity index (χ4v) is 3.34. The lowest BCUT2D eigenvalue weighted by Crippen LogP contribution is -2.49. The summed E-state index contributed by atoms with van der Waals surface area (Å²) in [6.07, 6.45) is 0.158. The second-order valence-electron chi connectivity index (χ2n) is 6.79. The standard InChI is InChI=1S/C21H22F2N2O2/c1-24-12-13-25(14-19(24)17-4-2-3-5-18(17)23)21(27)11-10-20(26)15-6-8-16(22)9-7-15/h2-9,19H,10-14H2,1H3. The van der Waals surface area contributed by atoms with Gasteiger partial charge in [-0.15, -0.1) is 0 Å². The molecule has 1 atom stereocenters. The van der Waals surface area contributed by atoms with Crippen molar-refractivity contribution >= 4 is 11.7 Å². The second-order valence-corrected chi connectivity index (χ2v) is 6.79. The highest BCUT2D eigenvalue weighted by molar-refractivity contribution is 5.97. The van der Waals surface area contributed by atoms with E-state index in [-0.39, 0.29) is 36.4 Å². The minimum Gasteiger partial charge on any atom is -0.339 e. The van der Waals surface area contributed by atoms with Crippen LogP contribution in [0.3, 0.4) is 0 Å². The van der Waals surface area contributed by atoms with Crippen LogP contribution in [0, 0.1) is 11.6 Å². The molecule has 1 saturated heterocycles. The molecule has 2 aromatic rings.